The number of aryl methyl sites for hydroxylation is 1. The normalized spacial score (nSPS) is 13.8. The van der Waals surface area contributed by atoms with Crippen molar-refractivity contribution in [3.63, 3.8) is 0 Å². The van der Waals surface area contributed by atoms with Crippen molar-refractivity contribution in [3.05, 3.63) is 65.3 Å². The molecule has 1 saturated heterocycles. The Labute approximate surface area is 179 Å². The van der Waals surface area contributed by atoms with Crippen LogP contribution in [0.1, 0.15) is 5.56 Å². The van der Waals surface area contributed by atoms with E-state index in [-0.39, 0.29) is 6.03 Å². The number of carbonyl (C=O) groups is 1. The van der Waals surface area contributed by atoms with Crippen LogP contribution in [0.5, 0.6) is 0 Å². The van der Waals surface area contributed by atoms with Gasteiger partial charge in [-0.05, 0) is 42.8 Å². The molecule has 4 rings (SSSR count). The molecular formula is C21H22ClN7O. The SMILES string of the molecule is Cc1ccc(Nc2ccc(N3CCN(C(=O)Nc4ccccc4Cl)CC3)nn2)nc1. The molecule has 30 heavy (non-hydrogen) atoms. The maximum Gasteiger partial charge on any atom is 0.322 e. The number of amides is 2. The predicted molar refractivity (Wildman–Crippen MR) is 119 cm³/mol. The molecule has 9 heteroatoms. The fourth-order valence-corrected chi connectivity index (χ4v) is 3.31. The minimum Gasteiger partial charge on any atom is -0.352 e. The van der Waals surface area contributed by atoms with E-state index in [9.17, 15) is 4.79 Å². The Hall–Kier alpha value is -3.39. The molecule has 0 spiro atoms. The van der Waals surface area contributed by atoms with Crippen molar-refractivity contribution >= 4 is 40.8 Å². The zero-order valence-electron chi connectivity index (χ0n) is 16.5. The number of pyridine rings is 1. The van der Waals surface area contributed by atoms with E-state index in [0.717, 1.165) is 17.2 Å². The Bertz CT molecular complexity index is 1000. The first-order valence-electron chi connectivity index (χ1n) is 9.67. The topological polar surface area (TPSA) is 86.3 Å². The first-order chi connectivity index (χ1) is 14.6. The molecule has 0 bridgehead atoms. The predicted octanol–water partition coefficient (Wildman–Crippen LogP) is 3.93. The van der Waals surface area contributed by atoms with Crippen molar-refractivity contribution in [2.45, 2.75) is 6.92 Å². The lowest BCUT2D eigenvalue weighted by Gasteiger charge is -2.35. The average Bonchev–Trinajstić information content (AvgIpc) is 2.77. The van der Waals surface area contributed by atoms with Gasteiger partial charge in [0.05, 0.1) is 10.7 Å². The second kappa shape index (κ2) is 8.96. The van der Waals surface area contributed by atoms with Crippen molar-refractivity contribution in [2.75, 3.05) is 41.7 Å². The number of piperazine rings is 1. The lowest BCUT2D eigenvalue weighted by Crippen LogP contribution is -2.50. The van der Waals surface area contributed by atoms with Gasteiger partial charge in [-0.25, -0.2) is 9.78 Å². The van der Waals surface area contributed by atoms with Crippen LogP contribution in [-0.2, 0) is 0 Å². The minimum atomic E-state index is -0.154. The summed E-state index contributed by atoms with van der Waals surface area (Å²) in [7, 11) is 0. The highest BCUT2D eigenvalue weighted by atomic mass is 35.5. The second-order valence-corrected chi connectivity index (χ2v) is 7.41. The van der Waals surface area contributed by atoms with Crippen molar-refractivity contribution < 1.29 is 4.79 Å². The molecular weight excluding hydrogens is 402 g/mol. The summed E-state index contributed by atoms with van der Waals surface area (Å²) in [4.78, 5) is 20.7. The Morgan fingerprint density at radius 2 is 1.73 bits per heavy atom. The zero-order chi connectivity index (χ0) is 20.9. The summed E-state index contributed by atoms with van der Waals surface area (Å²) in [5.41, 5.74) is 1.71. The van der Waals surface area contributed by atoms with Crippen molar-refractivity contribution in [1.29, 1.82) is 0 Å². The fourth-order valence-electron chi connectivity index (χ4n) is 3.13. The molecule has 0 saturated carbocycles. The van der Waals surface area contributed by atoms with Gasteiger partial charge in [0.25, 0.3) is 0 Å². The molecule has 8 nitrogen and oxygen atoms in total. The number of rotatable bonds is 4. The van der Waals surface area contributed by atoms with E-state index in [1.54, 1.807) is 23.2 Å². The Kier molecular flexibility index (Phi) is 5.94. The van der Waals surface area contributed by atoms with Crippen LogP contribution in [0.4, 0.5) is 27.9 Å². The summed E-state index contributed by atoms with van der Waals surface area (Å²) in [6, 6.07) is 14.7. The number of anilines is 4. The first-order valence-corrected chi connectivity index (χ1v) is 10.0. The molecule has 2 N–H and O–H groups in total. The van der Waals surface area contributed by atoms with Gasteiger partial charge in [-0.3, -0.25) is 0 Å². The number of benzene rings is 1. The summed E-state index contributed by atoms with van der Waals surface area (Å²) in [5.74, 6) is 2.14. The quantitative estimate of drug-likeness (QED) is 0.661. The number of nitrogens with zero attached hydrogens (tertiary/aromatic N) is 5. The highest BCUT2D eigenvalue weighted by Crippen LogP contribution is 2.21. The van der Waals surface area contributed by atoms with Gasteiger partial charge < -0.3 is 20.4 Å². The Balaban J connectivity index is 1.31. The van der Waals surface area contributed by atoms with Crippen LogP contribution >= 0.6 is 11.6 Å². The fraction of sp³-hybridized carbons (Fsp3) is 0.238. The molecule has 3 heterocycles. The van der Waals surface area contributed by atoms with Gasteiger partial charge in [0, 0.05) is 32.4 Å². The lowest BCUT2D eigenvalue weighted by molar-refractivity contribution is 0.208. The molecule has 2 amide bonds. The van der Waals surface area contributed by atoms with Crippen LogP contribution in [0, 0.1) is 6.92 Å². The zero-order valence-corrected chi connectivity index (χ0v) is 17.3. The Morgan fingerprint density at radius 1 is 0.967 bits per heavy atom. The van der Waals surface area contributed by atoms with E-state index in [4.69, 9.17) is 11.6 Å². The Morgan fingerprint density at radius 3 is 2.40 bits per heavy atom. The number of urea groups is 1. The molecule has 2 aromatic heterocycles. The van der Waals surface area contributed by atoms with Crippen LogP contribution in [0.3, 0.4) is 0 Å². The summed E-state index contributed by atoms with van der Waals surface area (Å²) in [6.45, 7) is 4.52. The first kappa shape index (κ1) is 19.9. The molecule has 1 aliphatic heterocycles. The van der Waals surface area contributed by atoms with E-state index in [1.165, 1.54) is 0 Å². The molecule has 1 fully saturated rings. The van der Waals surface area contributed by atoms with Crippen molar-refractivity contribution in [3.8, 4) is 0 Å². The highest BCUT2D eigenvalue weighted by molar-refractivity contribution is 6.33. The molecule has 1 aromatic carbocycles. The van der Waals surface area contributed by atoms with Gasteiger partial charge >= 0.3 is 6.03 Å². The smallest absolute Gasteiger partial charge is 0.322 e. The maximum absolute atomic E-state index is 12.5. The van der Waals surface area contributed by atoms with Gasteiger partial charge in [-0.2, -0.15) is 0 Å². The monoisotopic (exact) mass is 423 g/mol. The van der Waals surface area contributed by atoms with Gasteiger partial charge in [-0.15, -0.1) is 10.2 Å². The number of halogens is 1. The second-order valence-electron chi connectivity index (χ2n) is 7.01. The average molecular weight is 424 g/mol. The molecule has 0 unspecified atom stereocenters. The van der Waals surface area contributed by atoms with Crippen LogP contribution in [0.15, 0.2) is 54.7 Å². The van der Waals surface area contributed by atoms with Gasteiger partial charge in [0.15, 0.2) is 11.6 Å². The lowest BCUT2D eigenvalue weighted by atomic mass is 10.3. The van der Waals surface area contributed by atoms with Crippen LogP contribution < -0.4 is 15.5 Å². The van der Waals surface area contributed by atoms with E-state index in [0.29, 0.717) is 42.7 Å². The molecule has 0 radical (unpaired) electrons. The summed E-state index contributed by atoms with van der Waals surface area (Å²) < 4.78 is 0. The summed E-state index contributed by atoms with van der Waals surface area (Å²) in [6.07, 6.45) is 1.80. The van der Waals surface area contributed by atoms with Crippen molar-refractivity contribution in [2.24, 2.45) is 0 Å². The third-order valence-electron chi connectivity index (χ3n) is 4.82. The number of nitrogens with one attached hydrogen (secondary N) is 2. The van der Waals surface area contributed by atoms with E-state index in [1.807, 2.05) is 43.3 Å². The third kappa shape index (κ3) is 4.77. The van der Waals surface area contributed by atoms with Crippen LogP contribution in [0.25, 0.3) is 0 Å². The molecule has 0 aliphatic carbocycles. The highest BCUT2D eigenvalue weighted by Gasteiger charge is 2.22. The number of hydrogen-bond acceptors (Lipinski definition) is 6. The molecule has 1 aliphatic rings. The number of hydrogen-bond donors (Lipinski definition) is 2. The maximum atomic E-state index is 12.5. The summed E-state index contributed by atoms with van der Waals surface area (Å²) in [5, 5.41) is 15.1. The van der Waals surface area contributed by atoms with Gasteiger partial charge in [0.1, 0.15) is 5.82 Å². The number of carbonyl (C=O) groups excluding carboxylic acids is 1. The van der Waals surface area contributed by atoms with E-state index in [2.05, 4.69) is 30.7 Å². The van der Waals surface area contributed by atoms with E-state index < -0.39 is 0 Å². The molecule has 3 aromatic rings. The van der Waals surface area contributed by atoms with E-state index >= 15 is 0 Å². The standard InChI is InChI=1S/C21H22ClN7O/c1-15-6-7-18(23-14-15)25-19-8-9-20(27-26-19)28-10-12-29(13-11-28)21(30)24-17-5-3-2-4-16(17)22/h2-9,14H,10-13H2,1H3,(H,24,30)(H,23,25,26). The number of aromatic nitrogens is 3. The minimum absolute atomic E-state index is 0.154. The molecule has 0 atom stereocenters. The largest absolute Gasteiger partial charge is 0.352 e. The number of para-hydroxylation sites is 1. The van der Waals surface area contributed by atoms with Crippen LogP contribution in [0.2, 0.25) is 5.02 Å². The van der Waals surface area contributed by atoms with Crippen LogP contribution in [-0.4, -0.2) is 52.3 Å². The summed E-state index contributed by atoms with van der Waals surface area (Å²) >= 11 is 6.12. The van der Waals surface area contributed by atoms with Gasteiger partial charge in [0.2, 0.25) is 0 Å². The molecule has 154 valence electrons. The van der Waals surface area contributed by atoms with Crippen molar-refractivity contribution in [1.82, 2.24) is 20.1 Å². The third-order valence-corrected chi connectivity index (χ3v) is 5.15. The van der Waals surface area contributed by atoms with Gasteiger partial charge in [-0.1, -0.05) is 29.8 Å².